The smallest absolute Gasteiger partial charge is 0.254 e. The fourth-order valence-electron chi connectivity index (χ4n) is 4.28. The lowest BCUT2D eigenvalue weighted by molar-refractivity contribution is 0.0649. The lowest BCUT2D eigenvalue weighted by atomic mass is 10.1. The van der Waals surface area contributed by atoms with Gasteiger partial charge in [-0.2, -0.15) is 4.31 Å². The largest absolute Gasteiger partial charge is 0.336 e. The Morgan fingerprint density at radius 3 is 2.31 bits per heavy atom. The second-order valence-corrected chi connectivity index (χ2v) is 10.4. The van der Waals surface area contributed by atoms with Crippen LogP contribution in [0.25, 0.3) is 6.08 Å². The van der Waals surface area contributed by atoms with Crippen molar-refractivity contribution in [2.75, 3.05) is 45.8 Å². The van der Waals surface area contributed by atoms with Crippen LogP contribution in [0, 0.1) is 6.92 Å². The molecule has 170 valence electrons. The summed E-state index contributed by atoms with van der Waals surface area (Å²) in [6.07, 6.45) is 6.06. The van der Waals surface area contributed by atoms with Gasteiger partial charge in [0.15, 0.2) is 0 Å². The maximum absolute atomic E-state index is 13.2. The quantitative estimate of drug-likeness (QED) is 0.674. The Morgan fingerprint density at radius 2 is 1.62 bits per heavy atom. The normalized spacial score (nSPS) is 18.5. The van der Waals surface area contributed by atoms with E-state index in [2.05, 4.69) is 29.2 Å². The molecule has 0 aliphatic carbocycles. The van der Waals surface area contributed by atoms with E-state index < -0.39 is 10.0 Å². The number of carbonyl (C=O) groups excluding carboxylic acids is 1. The molecule has 2 aromatic rings. The van der Waals surface area contributed by atoms with Gasteiger partial charge in [-0.3, -0.25) is 9.69 Å². The highest BCUT2D eigenvalue weighted by molar-refractivity contribution is 7.89. The van der Waals surface area contributed by atoms with E-state index in [1.54, 1.807) is 18.2 Å². The molecule has 6 nitrogen and oxygen atoms in total. The van der Waals surface area contributed by atoms with Crippen molar-refractivity contribution in [1.29, 1.82) is 0 Å². The molecule has 0 aromatic heterocycles. The van der Waals surface area contributed by atoms with Crippen molar-refractivity contribution in [3.05, 3.63) is 71.3 Å². The number of benzene rings is 2. The minimum Gasteiger partial charge on any atom is -0.336 e. The van der Waals surface area contributed by atoms with Gasteiger partial charge in [0.25, 0.3) is 5.91 Å². The molecule has 2 aliphatic heterocycles. The summed E-state index contributed by atoms with van der Waals surface area (Å²) in [7, 11) is -3.54. The Morgan fingerprint density at radius 1 is 0.938 bits per heavy atom. The van der Waals surface area contributed by atoms with Gasteiger partial charge in [-0.15, -0.1) is 0 Å². The van der Waals surface area contributed by atoms with Crippen LogP contribution in [0.15, 0.2) is 59.5 Å². The summed E-state index contributed by atoms with van der Waals surface area (Å²) in [5.74, 6) is -0.0829. The third-order valence-electron chi connectivity index (χ3n) is 6.28. The molecule has 0 spiro atoms. The van der Waals surface area contributed by atoms with Gasteiger partial charge in [0.05, 0.1) is 4.90 Å². The average molecular weight is 454 g/mol. The van der Waals surface area contributed by atoms with Crippen molar-refractivity contribution in [2.45, 2.75) is 24.7 Å². The number of hydrogen-bond donors (Lipinski definition) is 0. The first kappa shape index (κ1) is 22.7. The number of nitrogens with zero attached hydrogens (tertiary/aromatic N) is 3. The summed E-state index contributed by atoms with van der Waals surface area (Å²) in [4.78, 5) is 17.6. The van der Waals surface area contributed by atoms with E-state index in [0.29, 0.717) is 31.7 Å². The molecule has 2 aromatic carbocycles. The summed E-state index contributed by atoms with van der Waals surface area (Å²) >= 11 is 0. The van der Waals surface area contributed by atoms with Gasteiger partial charge >= 0.3 is 0 Å². The topological polar surface area (TPSA) is 60.9 Å². The van der Waals surface area contributed by atoms with Crippen molar-refractivity contribution in [3.63, 3.8) is 0 Å². The number of sulfonamides is 1. The Hall–Kier alpha value is -2.48. The third kappa shape index (κ3) is 5.11. The number of carbonyl (C=O) groups is 1. The zero-order valence-corrected chi connectivity index (χ0v) is 19.4. The third-order valence-corrected chi connectivity index (χ3v) is 8.17. The molecule has 2 saturated heterocycles. The van der Waals surface area contributed by atoms with Crippen LogP contribution in [0.1, 0.15) is 34.3 Å². The van der Waals surface area contributed by atoms with E-state index in [9.17, 15) is 13.2 Å². The summed E-state index contributed by atoms with van der Waals surface area (Å²) < 4.78 is 27.4. The van der Waals surface area contributed by atoms with E-state index in [4.69, 9.17) is 0 Å². The van der Waals surface area contributed by atoms with Crippen LogP contribution < -0.4 is 0 Å². The van der Waals surface area contributed by atoms with Crippen LogP contribution in [0.5, 0.6) is 0 Å². The van der Waals surface area contributed by atoms with Crippen molar-refractivity contribution in [2.24, 2.45) is 0 Å². The van der Waals surface area contributed by atoms with E-state index >= 15 is 0 Å². The molecule has 0 bridgehead atoms. The van der Waals surface area contributed by atoms with Gasteiger partial charge in [-0.25, -0.2) is 8.42 Å². The maximum atomic E-state index is 13.2. The molecular formula is C25H31N3O3S. The van der Waals surface area contributed by atoms with Gasteiger partial charge < -0.3 is 4.90 Å². The molecule has 4 rings (SSSR count). The molecule has 1 amide bonds. The van der Waals surface area contributed by atoms with Gasteiger partial charge in [-0.05, 0) is 43.0 Å². The monoisotopic (exact) mass is 453 g/mol. The molecule has 0 unspecified atom stereocenters. The Labute approximate surface area is 191 Å². The first-order valence-corrected chi connectivity index (χ1v) is 12.7. The molecule has 0 atom stereocenters. The Balaban J connectivity index is 1.38. The maximum Gasteiger partial charge on any atom is 0.254 e. The highest BCUT2D eigenvalue weighted by Gasteiger charge is 2.29. The van der Waals surface area contributed by atoms with Crippen molar-refractivity contribution < 1.29 is 13.2 Å². The second kappa shape index (κ2) is 9.98. The number of amides is 1. The van der Waals surface area contributed by atoms with E-state index in [1.165, 1.54) is 9.87 Å². The molecule has 2 aliphatic rings. The lowest BCUT2D eigenvalue weighted by Crippen LogP contribution is -2.48. The summed E-state index contributed by atoms with van der Waals surface area (Å²) in [5.41, 5.74) is 2.48. The number of aryl methyl sites for hydroxylation is 1. The van der Waals surface area contributed by atoms with Crippen LogP contribution in [-0.4, -0.2) is 74.2 Å². The van der Waals surface area contributed by atoms with Crippen molar-refractivity contribution in [1.82, 2.24) is 14.1 Å². The zero-order chi connectivity index (χ0) is 22.6. The zero-order valence-electron chi connectivity index (χ0n) is 18.6. The number of rotatable bonds is 6. The summed E-state index contributed by atoms with van der Waals surface area (Å²) in [5, 5.41) is 0. The van der Waals surface area contributed by atoms with Crippen LogP contribution >= 0.6 is 0 Å². The molecule has 0 radical (unpaired) electrons. The first-order chi connectivity index (χ1) is 15.4. The van der Waals surface area contributed by atoms with Crippen molar-refractivity contribution in [3.8, 4) is 0 Å². The average Bonchev–Trinajstić information content (AvgIpc) is 3.36. The van der Waals surface area contributed by atoms with Crippen LogP contribution in [0.3, 0.4) is 0 Å². The van der Waals surface area contributed by atoms with Crippen LogP contribution in [0.2, 0.25) is 0 Å². The fourth-order valence-corrected chi connectivity index (χ4v) is 5.82. The van der Waals surface area contributed by atoms with Crippen LogP contribution in [-0.2, 0) is 10.0 Å². The number of piperazine rings is 1. The summed E-state index contributed by atoms with van der Waals surface area (Å²) in [6, 6.07) is 15.2. The Bertz CT molecular complexity index is 1070. The molecule has 2 heterocycles. The number of hydrogen-bond acceptors (Lipinski definition) is 4. The lowest BCUT2D eigenvalue weighted by Gasteiger charge is -2.34. The van der Waals surface area contributed by atoms with Crippen LogP contribution in [0.4, 0.5) is 0 Å². The minimum absolute atomic E-state index is 0.0829. The van der Waals surface area contributed by atoms with E-state index in [-0.39, 0.29) is 10.8 Å². The SMILES string of the molecule is Cc1ccc(S(=O)(=O)N2CCCC2)cc1C(=O)N1CCN(C/C=C/c2ccccc2)CC1. The van der Waals surface area contributed by atoms with Gasteiger partial charge in [0.2, 0.25) is 10.0 Å². The predicted molar refractivity (Wildman–Crippen MR) is 127 cm³/mol. The molecule has 0 N–H and O–H groups in total. The highest BCUT2D eigenvalue weighted by atomic mass is 32.2. The molecule has 7 heteroatoms. The molecule has 0 saturated carbocycles. The molecule has 32 heavy (non-hydrogen) atoms. The highest BCUT2D eigenvalue weighted by Crippen LogP contribution is 2.24. The first-order valence-electron chi connectivity index (χ1n) is 11.3. The second-order valence-electron chi connectivity index (χ2n) is 8.49. The minimum atomic E-state index is -3.54. The van der Waals surface area contributed by atoms with Gasteiger partial charge in [0.1, 0.15) is 0 Å². The fraction of sp³-hybridized carbons (Fsp3) is 0.400. The molecule has 2 fully saturated rings. The van der Waals surface area contributed by atoms with E-state index in [1.807, 2.05) is 30.0 Å². The Kier molecular flexibility index (Phi) is 7.08. The van der Waals surface area contributed by atoms with Gasteiger partial charge in [0, 0.05) is 51.4 Å². The van der Waals surface area contributed by atoms with Gasteiger partial charge in [-0.1, -0.05) is 48.6 Å². The summed E-state index contributed by atoms with van der Waals surface area (Å²) in [6.45, 7) is 6.70. The standard InChI is InChI=1S/C25H31N3O3S/c1-21-11-12-23(32(30,31)28-14-5-6-15-28)20-24(21)25(29)27-18-16-26(17-19-27)13-7-10-22-8-3-2-4-9-22/h2-4,7-12,20H,5-6,13-19H2,1H3/b10-7+. The van der Waals surface area contributed by atoms with Crippen molar-refractivity contribution >= 4 is 22.0 Å². The predicted octanol–water partition coefficient (Wildman–Crippen LogP) is 3.25. The van der Waals surface area contributed by atoms with E-state index in [0.717, 1.165) is 38.0 Å². The molecular weight excluding hydrogens is 422 g/mol.